The number of carbonyl (C=O) groups is 1. The van der Waals surface area contributed by atoms with Crippen LogP contribution in [0.4, 0.5) is 0 Å². The number of nitrogens with zero attached hydrogens (tertiary/aromatic N) is 1. The van der Waals surface area contributed by atoms with E-state index in [1.54, 1.807) is 0 Å². The first-order valence-electron chi connectivity index (χ1n) is 7.47. The number of para-hydroxylation sites is 1. The second-order valence-corrected chi connectivity index (χ2v) is 5.85. The maximum absolute atomic E-state index is 12.6. The predicted octanol–water partition coefficient (Wildman–Crippen LogP) is 1.86. The van der Waals surface area contributed by atoms with Gasteiger partial charge in [0.25, 0.3) is 0 Å². The summed E-state index contributed by atoms with van der Waals surface area (Å²) in [5.74, 6) is 1.58. The van der Waals surface area contributed by atoms with Crippen molar-refractivity contribution in [3.8, 4) is 5.75 Å². The highest BCUT2D eigenvalue weighted by Crippen LogP contribution is 2.28. The Labute approximate surface area is 132 Å². The quantitative estimate of drug-likeness (QED) is 0.907. The number of likely N-dealkylation sites (tertiary alicyclic amines) is 1. The van der Waals surface area contributed by atoms with Gasteiger partial charge in [0, 0.05) is 13.1 Å². The molecule has 2 unspecified atom stereocenters. The first-order chi connectivity index (χ1) is 9.78. The Kier molecular flexibility index (Phi) is 5.48. The first-order valence-corrected chi connectivity index (χ1v) is 7.47. The molecule has 2 aliphatic rings. The first kappa shape index (κ1) is 16.1. The maximum Gasteiger partial charge on any atom is 0.229 e. The predicted molar refractivity (Wildman–Crippen MR) is 84.7 cm³/mol. The Hall–Kier alpha value is -1.26. The van der Waals surface area contributed by atoms with Crippen molar-refractivity contribution in [3.63, 3.8) is 0 Å². The fraction of sp³-hybridized carbons (Fsp3) is 0.562. The van der Waals surface area contributed by atoms with E-state index in [1.165, 1.54) is 0 Å². The number of piperidine rings is 1. The zero-order valence-electron chi connectivity index (χ0n) is 12.2. The third kappa shape index (κ3) is 3.50. The van der Waals surface area contributed by atoms with Gasteiger partial charge in [-0.05, 0) is 43.4 Å². The highest BCUT2D eigenvalue weighted by Gasteiger charge is 2.31. The molecule has 2 atom stereocenters. The summed E-state index contributed by atoms with van der Waals surface area (Å²) in [6.07, 6.45) is 3.00. The monoisotopic (exact) mass is 310 g/mol. The second kappa shape index (κ2) is 7.14. The molecular weight excluding hydrogens is 288 g/mol. The molecule has 1 fully saturated rings. The molecule has 2 aliphatic heterocycles. The molecule has 116 valence electrons. The SMILES string of the molecule is Cl.NCC1CCCN(C(=O)C2COc3ccccc3C2)C1. The average Bonchev–Trinajstić information content (AvgIpc) is 2.53. The van der Waals surface area contributed by atoms with Crippen LogP contribution in [0, 0.1) is 11.8 Å². The summed E-state index contributed by atoms with van der Waals surface area (Å²) < 4.78 is 5.73. The number of hydrogen-bond acceptors (Lipinski definition) is 3. The molecule has 1 aromatic carbocycles. The molecule has 0 aromatic heterocycles. The summed E-state index contributed by atoms with van der Waals surface area (Å²) in [4.78, 5) is 14.6. The number of ether oxygens (including phenoxy) is 1. The minimum atomic E-state index is -0.0403. The summed E-state index contributed by atoms with van der Waals surface area (Å²) in [7, 11) is 0. The molecule has 0 spiro atoms. The van der Waals surface area contributed by atoms with Crippen molar-refractivity contribution >= 4 is 18.3 Å². The number of rotatable bonds is 2. The number of fused-ring (bicyclic) bond motifs is 1. The van der Waals surface area contributed by atoms with Crippen LogP contribution >= 0.6 is 12.4 Å². The molecule has 0 radical (unpaired) electrons. The van der Waals surface area contributed by atoms with E-state index in [1.807, 2.05) is 29.2 Å². The minimum Gasteiger partial charge on any atom is -0.492 e. The number of benzene rings is 1. The molecule has 1 saturated heterocycles. The van der Waals surface area contributed by atoms with Gasteiger partial charge in [-0.1, -0.05) is 18.2 Å². The maximum atomic E-state index is 12.6. The van der Waals surface area contributed by atoms with Crippen LogP contribution in [0.15, 0.2) is 24.3 Å². The van der Waals surface area contributed by atoms with Crippen LogP contribution in [-0.2, 0) is 11.2 Å². The van der Waals surface area contributed by atoms with Crippen LogP contribution in [0.2, 0.25) is 0 Å². The van der Waals surface area contributed by atoms with Gasteiger partial charge >= 0.3 is 0 Å². The lowest BCUT2D eigenvalue weighted by Crippen LogP contribution is -2.46. The van der Waals surface area contributed by atoms with Gasteiger partial charge in [-0.3, -0.25) is 4.79 Å². The van der Waals surface area contributed by atoms with Crippen molar-refractivity contribution in [1.29, 1.82) is 0 Å². The lowest BCUT2D eigenvalue weighted by Gasteiger charge is -2.35. The lowest BCUT2D eigenvalue weighted by atomic mass is 9.93. The molecule has 0 bridgehead atoms. The Morgan fingerprint density at radius 2 is 2.19 bits per heavy atom. The Morgan fingerprint density at radius 3 is 3.00 bits per heavy atom. The number of amides is 1. The molecule has 3 rings (SSSR count). The summed E-state index contributed by atoms with van der Waals surface area (Å²) in [6.45, 7) is 2.86. The van der Waals surface area contributed by atoms with E-state index in [-0.39, 0.29) is 24.2 Å². The topological polar surface area (TPSA) is 55.6 Å². The summed E-state index contributed by atoms with van der Waals surface area (Å²) >= 11 is 0. The summed E-state index contributed by atoms with van der Waals surface area (Å²) in [5, 5.41) is 0. The number of nitrogens with two attached hydrogens (primary N) is 1. The van der Waals surface area contributed by atoms with Crippen LogP contribution < -0.4 is 10.5 Å². The molecule has 1 amide bonds. The van der Waals surface area contributed by atoms with Gasteiger partial charge in [-0.2, -0.15) is 0 Å². The van der Waals surface area contributed by atoms with E-state index in [0.717, 1.165) is 43.7 Å². The highest BCUT2D eigenvalue weighted by atomic mass is 35.5. The second-order valence-electron chi connectivity index (χ2n) is 5.85. The fourth-order valence-electron chi connectivity index (χ4n) is 3.20. The van der Waals surface area contributed by atoms with Gasteiger partial charge < -0.3 is 15.4 Å². The van der Waals surface area contributed by atoms with E-state index in [9.17, 15) is 4.79 Å². The van der Waals surface area contributed by atoms with Crippen molar-refractivity contribution in [2.45, 2.75) is 19.3 Å². The van der Waals surface area contributed by atoms with E-state index in [4.69, 9.17) is 10.5 Å². The molecule has 5 heteroatoms. The van der Waals surface area contributed by atoms with E-state index in [2.05, 4.69) is 0 Å². The minimum absolute atomic E-state index is 0. The molecular formula is C16H23ClN2O2. The van der Waals surface area contributed by atoms with Crippen molar-refractivity contribution in [2.75, 3.05) is 26.2 Å². The van der Waals surface area contributed by atoms with Gasteiger partial charge in [-0.25, -0.2) is 0 Å². The van der Waals surface area contributed by atoms with Crippen LogP contribution in [0.25, 0.3) is 0 Å². The summed E-state index contributed by atoms with van der Waals surface area (Å²) in [5.41, 5.74) is 6.89. The standard InChI is InChI=1S/C16H22N2O2.ClH/c17-9-12-4-3-7-18(10-12)16(19)14-8-13-5-1-2-6-15(13)20-11-14;/h1-2,5-6,12,14H,3-4,7-11,17H2;1H. The third-order valence-electron chi connectivity index (χ3n) is 4.39. The average molecular weight is 311 g/mol. The van der Waals surface area contributed by atoms with Crippen molar-refractivity contribution < 1.29 is 9.53 Å². The zero-order chi connectivity index (χ0) is 13.9. The van der Waals surface area contributed by atoms with Gasteiger partial charge in [0.15, 0.2) is 0 Å². The lowest BCUT2D eigenvalue weighted by molar-refractivity contribution is -0.138. The Balaban J connectivity index is 0.00000161. The Morgan fingerprint density at radius 1 is 1.38 bits per heavy atom. The molecule has 2 N–H and O–H groups in total. The van der Waals surface area contributed by atoms with Gasteiger partial charge in [0.05, 0.1) is 5.92 Å². The van der Waals surface area contributed by atoms with Crippen molar-refractivity contribution in [3.05, 3.63) is 29.8 Å². The highest BCUT2D eigenvalue weighted by molar-refractivity contribution is 5.85. The van der Waals surface area contributed by atoms with Crippen molar-refractivity contribution in [2.24, 2.45) is 17.6 Å². The van der Waals surface area contributed by atoms with Crippen molar-refractivity contribution in [1.82, 2.24) is 4.90 Å². The fourth-order valence-corrected chi connectivity index (χ4v) is 3.20. The van der Waals surface area contributed by atoms with Gasteiger partial charge in [0.2, 0.25) is 5.91 Å². The molecule has 4 nitrogen and oxygen atoms in total. The van der Waals surface area contributed by atoms with Crippen LogP contribution in [0.5, 0.6) is 5.75 Å². The largest absolute Gasteiger partial charge is 0.492 e. The number of carbonyl (C=O) groups excluding carboxylic acids is 1. The van der Waals surface area contributed by atoms with Crippen LogP contribution in [-0.4, -0.2) is 37.0 Å². The molecule has 0 aliphatic carbocycles. The van der Waals surface area contributed by atoms with E-state index < -0.39 is 0 Å². The zero-order valence-corrected chi connectivity index (χ0v) is 13.0. The Bertz CT molecular complexity index is 495. The van der Waals surface area contributed by atoms with E-state index >= 15 is 0 Å². The summed E-state index contributed by atoms with van der Waals surface area (Å²) in [6, 6.07) is 7.99. The van der Waals surface area contributed by atoms with Crippen LogP contribution in [0.1, 0.15) is 18.4 Å². The third-order valence-corrected chi connectivity index (χ3v) is 4.39. The smallest absolute Gasteiger partial charge is 0.229 e. The molecule has 2 heterocycles. The molecule has 21 heavy (non-hydrogen) atoms. The van der Waals surface area contributed by atoms with Crippen LogP contribution in [0.3, 0.4) is 0 Å². The normalized spacial score (nSPS) is 24.5. The van der Waals surface area contributed by atoms with Gasteiger partial charge in [-0.15, -0.1) is 12.4 Å². The number of hydrogen-bond donors (Lipinski definition) is 1. The van der Waals surface area contributed by atoms with E-state index in [0.29, 0.717) is 19.1 Å². The molecule has 1 aromatic rings. The molecule has 0 saturated carbocycles. The number of halogens is 1. The van der Waals surface area contributed by atoms with Gasteiger partial charge in [0.1, 0.15) is 12.4 Å².